The Bertz CT molecular complexity index is 1260. The second-order valence-electron chi connectivity index (χ2n) is 9.83. The number of imide groups is 1. The molecule has 0 spiro atoms. The van der Waals surface area contributed by atoms with Gasteiger partial charge < -0.3 is 26.6 Å². The number of methoxy groups -OCH3 is 1. The highest BCUT2D eigenvalue weighted by Crippen LogP contribution is 2.55. The van der Waals surface area contributed by atoms with E-state index in [0.29, 0.717) is 17.1 Å². The van der Waals surface area contributed by atoms with Gasteiger partial charge in [0.25, 0.3) is 5.84 Å². The number of fused-ring (bicyclic) bond motifs is 2. The number of hydrogen-bond acceptors (Lipinski definition) is 7. The second-order valence-corrected chi connectivity index (χ2v) is 9.83. The van der Waals surface area contributed by atoms with Gasteiger partial charge in [0.05, 0.1) is 37.6 Å². The molecule has 2 aromatic carbocycles. The number of likely N-dealkylation sites (tertiary alicyclic amines) is 2. The minimum atomic E-state index is -0.794. The van der Waals surface area contributed by atoms with Crippen molar-refractivity contribution in [2.24, 2.45) is 17.6 Å². The molecule has 3 aliphatic rings. The zero-order chi connectivity index (χ0) is 25.8. The number of hydrogen-bond donors (Lipinski definition) is 2. The SMILES string of the molecule is COC(=O)CN1[C@@H](c2ccc(C(N)=[NH2+])cc2)[C@H]2C(=O)N(Cc3ccc4c(c3)OCO4)C(=O)[C@H]2C1(C)C.[Cl-]. The average molecular weight is 529 g/mol. The Labute approximate surface area is 220 Å². The summed E-state index contributed by atoms with van der Waals surface area (Å²) >= 11 is 0. The molecule has 3 aliphatic heterocycles. The fraction of sp³-hybridized carbons (Fsp3) is 0.385. The zero-order valence-corrected chi connectivity index (χ0v) is 21.5. The molecule has 196 valence electrons. The van der Waals surface area contributed by atoms with Crippen LogP contribution < -0.4 is 33.0 Å². The monoisotopic (exact) mass is 528 g/mol. The van der Waals surface area contributed by atoms with Crippen LogP contribution in [-0.2, 0) is 25.7 Å². The third-order valence-corrected chi connectivity index (χ3v) is 7.51. The minimum Gasteiger partial charge on any atom is -1.00 e. The molecule has 10 nitrogen and oxygen atoms in total. The summed E-state index contributed by atoms with van der Waals surface area (Å²) in [6, 6.07) is 12.1. The number of rotatable bonds is 6. The summed E-state index contributed by atoms with van der Waals surface area (Å²) in [7, 11) is 1.32. The molecule has 3 heterocycles. The van der Waals surface area contributed by atoms with Gasteiger partial charge in [-0.2, -0.15) is 0 Å². The Kier molecular flexibility index (Phi) is 6.91. The lowest BCUT2D eigenvalue weighted by Crippen LogP contribution is -3.00. The summed E-state index contributed by atoms with van der Waals surface area (Å²) in [5, 5.41) is 5.72. The largest absolute Gasteiger partial charge is 1.00 e. The van der Waals surface area contributed by atoms with E-state index in [0.717, 1.165) is 11.1 Å². The number of nitrogens with two attached hydrogens (primary N) is 2. The number of amidine groups is 1. The molecular weight excluding hydrogens is 500 g/mol. The summed E-state index contributed by atoms with van der Waals surface area (Å²) in [6.07, 6.45) is 0. The molecule has 0 radical (unpaired) electrons. The third-order valence-electron chi connectivity index (χ3n) is 7.51. The van der Waals surface area contributed by atoms with Crippen LogP contribution >= 0.6 is 0 Å². The maximum Gasteiger partial charge on any atom is 0.319 e. The highest BCUT2D eigenvalue weighted by molar-refractivity contribution is 6.07. The Hall–Kier alpha value is -3.63. The van der Waals surface area contributed by atoms with E-state index in [2.05, 4.69) is 0 Å². The molecule has 4 N–H and O–H groups in total. The molecule has 0 saturated carbocycles. The van der Waals surface area contributed by atoms with Gasteiger partial charge in [0.1, 0.15) is 0 Å². The highest BCUT2D eigenvalue weighted by Gasteiger charge is 2.65. The van der Waals surface area contributed by atoms with Crippen LogP contribution in [0.1, 0.15) is 36.6 Å². The predicted octanol–water partition coefficient (Wildman–Crippen LogP) is -3.01. The number of halogens is 1. The molecule has 0 unspecified atom stereocenters. The van der Waals surface area contributed by atoms with Crippen molar-refractivity contribution in [1.82, 2.24) is 9.80 Å². The molecule has 3 atom stereocenters. The van der Waals surface area contributed by atoms with Gasteiger partial charge >= 0.3 is 5.97 Å². The van der Waals surface area contributed by atoms with Gasteiger partial charge in [0, 0.05) is 11.6 Å². The van der Waals surface area contributed by atoms with Crippen molar-refractivity contribution in [3.05, 3.63) is 59.2 Å². The molecule has 0 bridgehead atoms. The van der Waals surface area contributed by atoms with Crippen LogP contribution in [0.15, 0.2) is 42.5 Å². The van der Waals surface area contributed by atoms with Gasteiger partial charge in [-0.05, 0) is 49.2 Å². The summed E-state index contributed by atoms with van der Waals surface area (Å²) in [5.41, 5.74) is 7.14. The van der Waals surface area contributed by atoms with Gasteiger partial charge in [-0.3, -0.25) is 35.3 Å². The molecule has 5 rings (SSSR count). The van der Waals surface area contributed by atoms with Crippen LogP contribution in [0.25, 0.3) is 0 Å². The first-order valence-electron chi connectivity index (χ1n) is 11.7. The van der Waals surface area contributed by atoms with Crippen LogP contribution in [0.5, 0.6) is 11.5 Å². The van der Waals surface area contributed by atoms with Crippen molar-refractivity contribution < 1.29 is 46.4 Å². The molecule has 2 fully saturated rings. The fourth-order valence-corrected chi connectivity index (χ4v) is 5.69. The first kappa shape index (κ1) is 26.4. The number of ether oxygens (including phenoxy) is 3. The van der Waals surface area contributed by atoms with Gasteiger partial charge in [-0.25, -0.2) is 0 Å². The summed E-state index contributed by atoms with van der Waals surface area (Å²) in [5.74, 6) is -0.890. The van der Waals surface area contributed by atoms with E-state index in [1.54, 1.807) is 24.3 Å². The molecule has 11 heteroatoms. The highest BCUT2D eigenvalue weighted by atomic mass is 35.5. The van der Waals surface area contributed by atoms with E-state index >= 15 is 0 Å². The quantitative estimate of drug-likeness (QED) is 0.175. The Balaban J connectivity index is 0.00000320. The van der Waals surface area contributed by atoms with Crippen molar-refractivity contribution in [2.45, 2.75) is 32.0 Å². The second kappa shape index (κ2) is 9.68. The van der Waals surface area contributed by atoms with Crippen molar-refractivity contribution in [2.75, 3.05) is 20.4 Å². The molecule has 0 aliphatic carbocycles. The van der Waals surface area contributed by atoms with E-state index in [9.17, 15) is 14.4 Å². The summed E-state index contributed by atoms with van der Waals surface area (Å²) in [6.45, 7) is 3.99. The molecule has 0 aromatic heterocycles. The van der Waals surface area contributed by atoms with E-state index < -0.39 is 29.4 Å². The number of esters is 1. The number of carbonyl (C=O) groups is 3. The lowest BCUT2D eigenvalue weighted by Gasteiger charge is -2.38. The van der Waals surface area contributed by atoms with Crippen molar-refractivity contribution in [1.29, 1.82) is 0 Å². The first-order chi connectivity index (χ1) is 17.1. The van der Waals surface area contributed by atoms with Crippen LogP contribution in [0, 0.1) is 11.8 Å². The Morgan fingerprint density at radius 1 is 1.11 bits per heavy atom. The zero-order valence-electron chi connectivity index (χ0n) is 20.8. The number of benzene rings is 2. The lowest BCUT2D eigenvalue weighted by molar-refractivity contribution is -0.148. The summed E-state index contributed by atoms with van der Waals surface area (Å²) in [4.78, 5) is 43.2. The molecule has 2 saturated heterocycles. The third kappa shape index (κ3) is 4.30. The van der Waals surface area contributed by atoms with E-state index in [1.165, 1.54) is 12.0 Å². The Morgan fingerprint density at radius 3 is 2.43 bits per heavy atom. The lowest BCUT2D eigenvalue weighted by atomic mass is 9.81. The normalized spacial score (nSPS) is 23.5. The average Bonchev–Trinajstić information content (AvgIpc) is 3.48. The minimum absolute atomic E-state index is 0. The molecule has 2 aromatic rings. The van der Waals surface area contributed by atoms with E-state index in [4.69, 9.17) is 25.4 Å². The topological polar surface area (TPSA) is 137 Å². The summed E-state index contributed by atoms with van der Waals surface area (Å²) < 4.78 is 15.7. The molecule has 2 amide bonds. The standard InChI is InChI=1S/C26H28N4O6.ClH/c1-26(2)21-20(22(30(26)12-19(31)34-3)15-5-7-16(8-6-15)23(27)28)24(32)29(25(21)33)11-14-4-9-17-18(10-14)36-13-35-17;/h4-10,20-22H,11-13H2,1-3H3,(H3,27,28);1H/t20-,21-,22-;/m0./s1. The van der Waals surface area contributed by atoms with E-state index in [-0.39, 0.29) is 49.9 Å². The molecule has 37 heavy (non-hydrogen) atoms. The smallest absolute Gasteiger partial charge is 0.319 e. The Morgan fingerprint density at radius 2 is 1.78 bits per heavy atom. The van der Waals surface area contributed by atoms with Crippen LogP contribution in [0.2, 0.25) is 0 Å². The number of carbonyl (C=O) groups excluding carboxylic acids is 3. The van der Waals surface area contributed by atoms with Crippen molar-refractivity contribution >= 4 is 23.6 Å². The first-order valence-corrected chi connectivity index (χ1v) is 11.7. The maximum atomic E-state index is 13.8. The van der Waals surface area contributed by atoms with Crippen LogP contribution in [-0.4, -0.2) is 59.4 Å². The van der Waals surface area contributed by atoms with Gasteiger partial charge in [-0.15, -0.1) is 0 Å². The molecular formula is C26H29ClN4O6. The number of amides is 2. The van der Waals surface area contributed by atoms with Crippen molar-refractivity contribution in [3.63, 3.8) is 0 Å². The van der Waals surface area contributed by atoms with Gasteiger partial charge in [-0.1, -0.05) is 18.2 Å². The van der Waals surface area contributed by atoms with Crippen LogP contribution in [0.3, 0.4) is 0 Å². The predicted molar refractivity (Wildman–Crippen MR) is 127 cm³/mol. The van der Waals surface area contributed by atoms with Crippen molar-refractivity contribution in [3.8, 4) is 11.5 Å². The maximum absolute atomic E-state index is 13.8. The van der Waals surface area contributed by atoms with Gasteiger partial charge in [0.15, 0.2) is 11.5 Å². The van der Waals surface area contributed by atoms with Gasteiger partial charge in [0.2, 0.25) is 18.6 Å². The number of nitrogens with zero attached hydrogens (tertiary/aromatic N) is 2. The van der Waals surface area contributed by atoms with Crippen LogP contribution in [0.4, 0.5) is 0 Å². The fourth-order valence-electron chi connectivity index (χ4n) is 5.69. The van der Waals surface area contributed by atoms with E-state index in [1.807, 2.05) is 36.9 Å².